The summed E-state index contributed by atoms with van der Waals surface area (Å²) < 4.78 is 16.4. The molecule has 0 saturated carbocycles. The first-order valence-electron chi connectivity index (χ1n) is 5.85. The zero-order valence-electron chi connectivity index (χ0n) is 11.1. The summed E-state index contributed by atoms with van der Waals surface area (Å²) in [6.07, 6.45) is 3.22. The van der Waals surface area contributed by atoms with E-state index in [1.54, 1.807) is 12.6 Å². The Balaban J connectivity index is 2.72. The van der Waals surface area contributed by atoms with Gasteiger partial charge in [-0.15, -0.1) is 0 Å². The van der Waals surface area contributed by atoms with E-state index in [4.69, 9.17) is 0 Å². The summed E-state index contributed by atoms with van der Waals surface area (Å²) in [4.78, 5) is 8.45. The molecule has 1 aromatic carbocycles. The smallest absolute Gasteiger partial charge is 0.116 e. The SMILES string of the molecule is CC[S@@](C)(=O)=Nc1cc(C)c2c(C)ncnc2c1. The van der Waals surface area contributed by atoms with Crippen LogP contribution in [0.1, 0.15) is 18.2 Å². The van der Waals surface area contributed by atoms with Crippen molar-refractivity contribution in [3.05, 3.63) is 29.7 Å². The molecule has 18 heavy (non-hydrogen) atoms. The van der Waals surface area contributed by atoms with E-state index in [0.717, 1.165) is 27.8 Å². The molecule has 2 rings (SSSR count). The molecule has 0 aliphatic rings. The number of hydrogen-bond donors (Lipinski definition) is 0. The molecule has 2 aromatic rings. The van der Waals surface area contributed by atoms with E-state index in [9.17, 15) is 4.21 Å². The highest BCUT2D eigenvalue weighted by Crippen LogP contribution is 2.26. The van der Waals surface area contributed by atoms with Crippen molar-refractivity contribution >= 4 is 26.3 Å². The van der Waals surface area contributed by atoms with Gasteiger partial charge in [0.1, 0.15) is 6.33 Å². The number of fused-ring (bicyclic) bond motifs is 1. The van der Waals surface area contributed by atoms with Crippen LogP contribution >= 0.6 is 0 Å². The molecule has 0 aliphatic carbocycles. The highest BCUT2D eigenvalue weighted by molar-refractivity contribution is 7.93. The number of nitrogens with zero attached hydrogens (tertiary/aromatic N) is 3. The first-order valence-corrected chi connectivity index (χ1v) is 7.94. The Morgan fingerprint density at radius 1 is 1.28 bits per heavy atom. The molecule has 1 atom stereocenters. The first kappa shape index (κ1) is 13.0. The number of aromatic nitrogens is 2. The van der Waals surface area contributed by atoms with Crippen LogP contribution in [0.3, 0.4) is 0 Å². The molecule has 1 aromatic heterocycles. The Bertz CT molecular complexity index is 715. The summed E-state index contributed by atoms with van der Waals surface area (Å²) in [5, 5.41) is 1.05. The lowest BCUT2D eigenvalue weighted by Gasteiger charge is -2.06. The van der Waals surface area contributed by atoms with Crippen molar-refractivity contribution in [3.8, 4) is 0 Å². The van der Waals surface area contributed by atoms with Gasteiger partial charge in [0, 0.05) is 32.8 Å². The van der Waals surface area contributed by atoms with Crippen molar-refractivity contribution in [1.29, 1.82) is 0 Å². The van der Waals surface area contributed by atoms with Crippen LogP contribution < -0.4 is 0 Å². The van der Waals surface area contributed by atoms with Crippen molar-refractivity contribution < 1.29 is 4.21 Å². The van der Waals surface area contributed by atoms with Crippen LogP contribution in [-0.4, -0.2) is 26.2 Å². The predicted molar refractivity (Wildman–Crippen MR) is 75.7 cm³/mol. The van der Waals surface area contributed by atoms with Crippen molar-refractivity contribution in [2.24, 2.45) is 4.36 Å². The third-order valence-corrected chi connectivity index (χ3v) is 4.61. The molecule has 0 spiro atoms. The van der Waals surface area contributed by atoms with Gasteiger partial charge in [-0.2, -0.15) is 4.36 Å². The van der Waals surface area contributed by atoms with Gasteiger partial charge in [-0.1, -0.05) is 6.92 Å². The molecular formula is C13H17N3OS. The molecule has 1 heterocycles. The van der Waals surface area contributed by atoms with Crippen LogP contribution in [0.15, 0.2) is 22.8 Å². The third kappa shape index (κ3) is 2.51. The Morgan fingerprint density at radius 2 is 2.00 bits per heavy atom. The van der Waals surface area contributed by atoms with Crippen LogP contribution in [-0.2, 0) is 9.73 Å². The minimum Gasteiger partial charge on any atom is -0.250 e. The minimum absolute atomic E-state index is 0.548. The van der Waals surface area contributed by atoms with E-state index < -0.39 is 9.73 Å². The van der Waals surface area contributed by atoms with Crippen molar-refractivity contribution in [1.82, 2.24) is 9.97 Å². The van der Waals surface area contributed by atoms with Gasteiger partial charge in [0.2, 0.25) is 0 Å². The van der Waals surface area contributed by atoms with Crippen molar-refractivity contribution in [3.63, 3.8) is 0 Å². The molecular weight excluding hydrogens is 246 g/mol. The number of benzene rings is 1. The number of aryl methyl sites for hydroxylation is 2. The van der Waals surface area contributed by atoms with Gasteiger partial charge < -0.3 is 0 Å². The normalized spacial score (nSPS) is 14.4. The highest BCUT2D eigenvalue weighted by atomic mass is 32.2. The lowest BCUT2D eigenvalue weighted by molar-refractivity contribution is 0.681. The predicted octanol–water partition coefficient (Wildman–Crippen LogP) is 3.00. The molecule has 96 valence electrons. The molecule has 0 radical (unpaired) electrons. The van der Waals surface area contributed by atoms with Crippen LogP contribution in [0.2, 0.25) is 0 Å². The van der Waals surface area contributed by atoms with E-state index >= 15 is 0 Å². The van der Waals surface area contributed by atoms with Crippen LogP contribution in [0, 0.1) is 13.8 Å². The van der Waals surface area contributed by atoms with Crippen molar-refractivity contribution in [2.45, 2.75) is 20.8 Å². The van der Waals surface area contributed by atoms with E-state index in [-0.39, 0.29) is 0 Å². The first-order chi connectivity index (χ1) is 8.43. The van der Waals surface area contributed by atoms with Gasteiger partial charge in [-0.25, -0.2) is 14.2 Å². The maximum Gasteiger partial charge on any atom is 0.116 e. The van der Waals surface area contributed by atoms with Crippen LogP contribution in [0.4, 0.5) is 5.69 Å². The van der Waals surface area contributed by atoms with E-state index in [2.05, 4.69) is 14.3 Å². The average Bonchev–Trinajstić information content (AvgIpc) is 2.28. The Morgan fingerprint density at radius 3 is 2.67 bits per heavy atom. The van der Waals surface area contributed by atoms with Gasteiger partial charge >= 0.3 is 0 Å². The fraction of sp³-hybridized carbons (Fsp3) is 0.385. The quantitative estimate of drug-likeness (QED) is 0.837. The van der Waals surface area contributed by atoms with E-state index in [1.165, 1.54) is 0 Å². The van der Waals surface area contributed by atoms with E-state index in [1.807, 2.05) is 32.9 Å². The Hall–Kier alpha value is -1.49. The van der Waals surface area contributed by atoms with Gasteiger partial charge in [0.15, 0.2) is 0 Å². The molecule has 0 fully saturated rings. The monoisotopic (exact) mass is 263 g/mol. The van der Waals surface area contributed by atoms with Crippen LogP contribution in [0.5, 0.6) is 0 Å². The fourth-order valence-electron chi connectivity index (χ4n) is 1.90. The van der Waals surface area contributed by atoms with E-state index in [0.29, 0.717) is 5.75 Å². The molecule has 4 nitrogen and oxygen atoms in total. The summed E-state index contributed by atoms with van der Waals surface area (Å²) in [6, 6.07) is 3.81. The van der Waals surface area contributed by atoms with Gasteiger partial charge in [0.05, 0.1) is 11.2 Å². The summed E-state index contributed by atoms with van der Waals surface area (Å²) in [6.45, 7) is 5.84. The largest absolute Gasteiger partial charge is 0.250 e. The molecule has 0 unspecified atom stereocenters. The maximum absolute atomic E-state index is 12.0. The lowest BCUT2D eigenvalue weighted by Crippen LogP contribution is -1.98. The summed E-state index contributed by atoms with van der Waals surface area (Å²) >= 11 is 0. The molecule has 5 heteroatoms. The third-order valence-electron chi connectivity index (χ3n) is 2.94. The van der Waals surface area contributed by atoms with Crippen LogP contribution in [0.25, 0.3) is 10.9 Å². The molecule has 0 aliphatic heterocycles. The summed E-state index contributed by atoms with van der Waals surface area (Å²) in [5.74, 6) is 0.548. The number of rotatable bonds is 2. The molecule has 0 bridgehead atoms. The summed E-state index contributed by atoms with van der Waals surface area (Å²) in [7, 11) is -2.14. The maximum atomic E-state index is 12.0. The average molecular weight is 263 g/mol. The Labute approximate surface area is 108 Å². The molecule has 0 N–H and O–H groups in total. The Kier molecular flexibility index (Phi) is 3.34. The van der Waals surface area contributed by atoms with Gasteiger partial charge in [-0.3, -0.25) is 0 Å². The zero-order chi connectivity index (χ0) is 13.3. The standard InChI is InChI=1S/C13H17N3OS/c1-5-18(4,17)16-11-6-9(2)13-10(3)14-8-15-12(13)7-11/h6-8H,5H2,1-4H3/t18-/m1/s1. The fourth-order valence-corrected chi connectivity index (χ4v) is 2.59. The molecule has 0 saturated heterocycles. The topological polar surface area (TPSA) is 55.2 Å². The van der Waals surface area contributed by atoms with Gasteiger partial charge in [0.25, 0.3) is 0 Å². The zero-order valence-corrected chi connectivity index (χ0v) is 11.9. The highest BCUT2D eigenvalue weighted by Gasteiger charge is 2.06. The second-order valence-electron chi connectivity index (χ2n) is 4.46. The minimum atomic E-state index is -2.14. The summed E-state index contributed by atoms with van der Waals surface area (Å²) in [5.41, 5.74) is 3.60. The van der Waals surface area contributed by atoms with Crippen molar-refractivity contribution in [2.75, 3.05) is 12.0 Å². The molecule has 0 amide bonds. The van der Waals surface area contributed by atoms with Gasteiger partial charge in [-0.05, 0) is 31.5 Å². The second-order valence-corrected chi connectivity index (χ2v) is 7.13. The second kappa shape index (κ2) is 4.65. The number of hydrogen-bond acceptors (Lipinski definition) is 4. The lowest BCUT2D eigenvalue weighted by atomic mass is 10.1.